The maximum Gasteiger partial charge on any atom is 0.254 e. The topological polar surface area (TPSA) is 66.6 Å². The molecule has 3 aliphatic rings. The SMILES string of the molecule is CCCc1cccc2c1C(CCCN1CCC(N3Cc4ccccc4C3=O)CC1)(C(N)=O)c1ccccc1-2. The van der Waals surface area contributed by atoms with E-state index in [0.717, 1.165) is 86.1 Å². The molecule has 1 unspecified atom stereocenters. The Hall–Kier alpha value is -3.44. The van der Waals surface area contributed by atoms with Gasteiger partial charge in [0, 0.05) is 31.2 Å². The van der Waals surface area contributed by atoms with E-state index in [1.165, 1.54) is 11.1 Å². The molecule has 3 aromatic rings. The quantitative estimate of drug-likeness (QED) is 0.450. The summed E-state index contributed by atoms with van der Waals surface area (Å²) in [5.74, 6) is -0.0537. The van der Waals surface area contributed by atoms with Crippen LogP contribution in [0.2, 0.25) is 0 Å². The first-order chi connectivity index (χ1) is 18.5. The van der Waals surface area contributed by atoms with Gasteiger partial charge in [-0.25, -0.2) is 0 Å². The number of fused-ring (bicyclic) bond motifs is 4. The van der Waals surface area contributed by atoms with Gasteiger partial charge in [0.15, 0.2) is 0 Å². The standard InChI is InChI=1S/C33H37N3O2/c1-2-9-23-11-7-14-28-27-13-5-6-15-29(27)33(30(23)28,32(34)38)18-8-19-35-20-16-25(17-21-35)36-22-24-10-3-4-12-26(24)31(36)37/h3-7,10-15,25H,2,8-9,16-22H2,1H3,(H2,34,38). The number of likely N-dealkylation sites (tertiary alicyclic amines) is 1. The minimum atomic E-state index is -0.774. The Bertz CT molecular complexity index is 1370. The summed E-state index contributed by atoms with van der Waals surface area (Å²) >= 11 is 0. The molecule has 1 atom stereocenters. The molecule has 2 aliphatic heterocycles. The molecule has 3 aromatic carbocycles. The van der Waals surface area contributed by atoms with Crippen molar-refractivity contribution in [1.29, 1.82) is 0 Å². The third-order valence-electron chi connectivity index (χ3n) is 9.07. The summed E-state index contributed by atoms with van der Waals surface area (Å²) in [6.45, 7) is 5.81. The number of carbonyl (C=O) groups is 2. The Balaban J connectivity index is 1.15. The van der Waals surface area contributed by atoms with Crippen LogP contribution in [0.1, 0.15) is 71.6 Å². The molecule has 38 heavy (non-hydrogen) atoms. The third-order valence-corrected chi connectivity index (χ3v) is 9.07. The molecule has 1 saturated heterocycles. The zero-order valence-corrected chi connectivity index (χ0v) is 22.3. The smallest absolute Gasteiger partial charge is 0.254 e. The van der Waals surface area contributed by atoms with Gasteiger partial charge in [0.05, 0.1) is 0 Å². The van der Waals surface area contributed by atoms with Crippen LogP contribution >= 0.6 is 0 Å². The van der Waals surface area contributed by atoms with Crippen molar-refractivity contribution in [3.05, 3.63) is 94.5 Å². The maximum atomic E-state index is 13.4. The Labute approximate surface area is 225 Å². The highest BCUT2D eigenvalue weighted by atomic mass is 16.2. The number of amides is 2. The highest BCUT2D eigenvalue weighted by molar-refractivity contribution is 6.00. The van der Waals surface area contributed by atoms with E-state index in [2.05, 4.69) is 59.2 Å². The third kappa shape index (κ3) is 3.95. The summed E-state index contributed by atoms with van der Waals surface area (Å²) in [6.07, 6.45) is 5.57. The minimum Gasteiger partial charge on any atom is -0.369 e. The second-order valence-electron chi connectivity index (χ2n) is 11.2. The van der Waals surface area contributed by atoms with Crippen LogP contribution in [0.25, 0.3) is 11.1 Å². The number of nitrogens with zero attached hydrogens (tertiary/aromatic N) is 2. The van der Waals surface area contributed by atoms with E-state index in [9.17, 15) is 9.59 Å². The number of benzene rings is 3. The van der Waals surface area contributed by atoms with Crippen molar-refractivity contribution in [2.24, 2.45) is 5.73 Å². The second-order valence-corrected chi connectivity index (χ2v) is 11.2. The lowest BCUT2D eigenvalue weighted by atomic mass is 9.72. The predicted octanol–water partition coefficient (Wildman–Crippen LogP) is 5.29. The van der Waals surface area contributed by atoms with Gasteiger partial charge in [-0.1, -0.05) is 74.0 Å². The van der Waals surface area contributed by atoms with Crippen LogP contribution in [-0.4, -0.2) is 47.3 Å². The first kappa shape index (κ1) is 24.9. The van der Waals surface area contributed by atoms with Crippen molar-refractivity contribution in [3.8, 4) is 11.1 Å². The fourth-order valence-electron chi connectivity index (χ4n) is 7.26. The molecule has 5 heteroatoms. The minimum absolute atomic E-state index is 0.184. The number of piperidine rings is 1. The van der Waals surface area contributed by atoms with Crippen LogP contribution in [0.4, 0.5) is 0 Å². The number of aryl methyl sites for hydroxylation is 1. The summed E-state index contributed by atoms with van der Waals surface area (Å²) in [5, 5.41) is 0. The monoisotopic (exact) mass is 507 g/mol. The molecule has 2 N–H and O–H groups in total. The van der Waals surface area contributed by atoms with E-state index in [-0.39, 0.29) is 11.8 Å². The number of hydrogen-bond acceptors (Lipinski definition) is 3. The van der Waals surface area contributed by atoms with Gasteiger partial charge in [-0.05, 0) is 78.1 Å². The van der Waals surface area contributed by atoms with E-state index < -0.39 is 5.41 Å². The van der Waals surface area contributed by atoms with Crippen LogP contribution in [0.15, 0.2) is 66.7 Å². The number of nitrogens with two attached hydrogens (primary N) is 1. The van der Waals surface area contributed by atoms with Crippen LogP contribution in [0.3, 0.4) is 0 Å². The lowest BCUT2D eigenvalue weighted by Gasteiger charge is -2.37. The van der Waals surface area contributed by atoms with Gasteiger partial charge in [0.25, 0.3) is 5.91 Å². The highest BCUT2D eigenvalue weighted by Gasteiger charge is 2.48. The second kappa shape index (κ2) is 10.0. The van der Waals surface area contributed by atoms with Gasteiger partial charge in [-0.2, -0.15) is 0 Å². The zero-order chi connectivity index (χ0) is 26.3. The van der Waals surface area contributed by atoms with Crippen molar-refractivity contribution in [3.63, 3.8) is 0 Å². The Kier molecular flexibility index (Phi) is 6.56. The fraction of sp³-hybridized carbons (Fsp3) is 0.394. The van der Waals surface area contributed by atoms with Gasteiger partial charge in [0.1, 0.15) is 5.41 Å². The van der Waals surface area contributed by atoms with E-state index in [1.54, 1.807) is 0 Å². The molecule has 1 fully saturated rings. The van der Waals surface area contributed by atoms with Gasteiger partial charge in [-0.3, -0.25) is 9.59 Å². The van der Waals surface area contributed by atoms with E-state index in [1.807, 2.05) is 24.3 Å². The fourth-order valence-corrected chi connectivity index (χ4v) is 7.26. The molecule has 2 heterocycles. The molecule has 0 spiro atoms. The van der Waals surface area contributed by atoms with E-state index >= 15 is 0 Å². The Morgan fingerprint density at radius 3 is 2.39 bits per heavy atom. The lowest BCUT2D eigenvalue weighted by molar-refractivity contribution is -0.122. The normalized spacial score (nSPS) is 20.9. The molecular formula is C33H37N3O2. The molecule has 2 amide bonds. The number of hydrogen-bond donors (Lipinski definition) is 1. The van der Waals surface area contributed by atoms with Crippen molar-refractivity contribution in [2.45, 2.75) is 63.5 Å². The molecule has 5 nitrogen and oxygen atoms in total. The van der Waals surface area contributed by atoms with Gasteiger partial charge >= 0.3 is 0 Å². The lowest BCUT2D eigenvalue weighted by Crippen LogP contribution is -2.46. The first-order valence-electron chi connectivity index (χ1n) is 14.2. The molecule has 6 rings (SSSR count). The summed E-state index contributed by atoms with van der Waals surface area (Å²) in [6, 6.07) is 23.1. The van der Waals surface area contributed by atoms with Crippen molar-refractivity contribution < 1.29 is 9.59 Å². The molecular weight excluding hydrogens is 470 g/mol. The average molecular weight is 508 g/mol. The Morgan fingerprint density at radius 1 is 0.947 bits per heavy atom. The molecule has 0 radical (unpaired) electrons. The van der Waals surface area contributed by atoms with Crippen molar-refractivity contribution >= 4 is 11.8 Å². The largest absolute Gasteiger partial charge is 0.369 e. The van der Waals surface area contributed by atoms with Crippen LogP contribution < -0.4 is 5.73 Å². The van der Waals surface area contributed by atoms with Crippen LogP contribution in [-0.2, 0) is 23.2 Å². The molecule has 196 valence electrons. The summed E-state index contributed by atoms with van der Waals surface area (Å²) in [5.41, 5.74) is 13.3. The van der Waals surface area contributed by atoms with Crippen molar-refractivity contribution in [1.82, 2.24) is 9.80 Å². The molecule has 1 aliphatic carbocycles. The van der Waals surface area contributed by atoms with Crippen molar-refractivity contribution in [2.75, 3.05) is 19.6 Å². The highest BCUT2D eigenvalue weighted by Crippen LogP contribution is 2.52. The number of rotatable bonds is 8. The number of carbonyl (C=O) groups excluding carboxylic acids is 2. The van der Waals surface area contributed by atoms with Crippen LogP contribution in [0, 0.1) is 0 Å². The first-order valence-corrected chi connectivity index (χ1v) is 14.2. The number of primary amides is 1. The van der Waals surface area contributed by atoms with E-state index in [0.29, 0.717) is 12.5 Å². The average Bonchev–Trinajstić information content (AvgIpc) is 3.43. The Morgan fingerprint density at radius 2 is 1.66 bits per heavy atom. The van der Waals surface area contributed by atoms with Gasteiger partial charge < -0.3 is 15.5 Å². The summed E-state index contributed by atoms with van der Waals surface area (Å²) < 4.78 is 0. The van der Waals surface area contributed by atoms with Gasteiger partial charge in [0.2, 0.25) is 5.91 Å². The summed E-state index contributed by atoms with van der Waals surface area (Å²) in [4.78, 5) is 30.9. The predicted molar refractivity (Wildman–Crippen MR) is 151 cm³/mol. The summed E-state index contributed by atoms with van der Waals surface area (Å²) in [7, 11) is 0. The molecule has 0 saturated carbocycles. The maximum absolute atomic E-state index is 13.4. The van der Waals surface area contributed by atoms with Gasteiger partial charge in [-0.15, -0.1) is 0 Å². The zero-order valence-electron chi connectivity index (χ0n) is 22.3. The van der Waals surface area contributed by atoms with E-state index in [4.69, 9.17) is 5.73 Å². The molecule has 0 bridgehead atoms. The van der Waals surface area contributed by atoms with Crippen LogP contribution in [0.5, 0.6) is 0 Å². The molecule has 0 aromatic heterocycles.